The zero-order valence-corrected chi connectivity index (χ0v) is 13.7. The number of benzene rings is 2. The standard InChI is InChI=1S/C20H21NO3/c1-2-24-20(23)18(14-9-15-22)21-19(16-10-5-3-6-11-16)17-12-7-4-8-13-17/h3-8,10-13,15,18H,2,9,14H2,1H3. The van der Waals surface area contributed by atoms with Crippen molar-refractivity contribution >= 4 is 18.0 Å². The quantitative estimate of drug-likeness (QED) is 0.425. The number of hydrogen-bond acceptors (Lipinski definition) is 4. The van der Waals surface area contributed by atoms with E-state index in [2.05, 4.69) is 4.99 Å². The maximum atomic E-state index is 12.2. The number of esters is 1. The van der Waals surface area contributed by atoms with Crippen LogP contribution >= 0.6 is 0 Å². The van der Waals surface area contributed by atoms with Crippen LogP contribution in [-0.4, -0.2) is 30.6 Å². The molecule has 0 saturated heterocycles. The first-order chi connectivity index (χ1) is 11.8. The molecule has 0 saturated carbocycles. The van der Waals surface area contributed by atoms with Crippen LogP contribution in [0.5, 0.6) is 0 Å². The maximum Gasteiger partial charge on any atom is 0.330 e. The summed E-state index contributed by atoms with van der Waals surface area (Å²) in [6.45, 7) is 2.05. The summed E-state index contributed by atoms with van der Waals surface area (Å²) in [6.07, 6.45) is 1.40. The number of nitrogens with zero attached hydrogens (tertiary/aromatic N) is 1. The molecule has 0 N–H and O–H groups in total. The molecule has 0 fully saturated rings. The highest BCUT2D eigenvalue weighted by molar-refractivity contribution is 6.13. The summed E-state index contributed by atoms with van der Waals surface area (Å²) in [5.41, 5.74) is 2.56. The molecule has 0 heterocycles. The Morgan fingerprint density at radius 1 is 1.04 bits per heavy atom. The molecular formula is C20H21NO3. The minimum Gasteiger partial charge on any atom is -0.464 e. The van der Waals surface area contributed by atoms with Crippen molar-refractivity contribution in [3.8, 4) is 0 Å². The van der Waals surface area contributed by atoms with Crippen LogP contribution in [-0.2, 0) is 14.3 Å². The summed E-state index contributed by atoms with van der Waals surface area (Å²) >= 11 is 0. The third kappa shape index (κ3) is 4.88. The molecule has 4 nitrogen and oxygen atoms in total. The summed E-state index contributed by atoms with van der Waals surface area (Å²) < 4.78 is 5.11. The van der Waals surface area contributed by atoms with Crippen molar-refractivity contribution in [2.75, 3.05) is 6.61 Å². The fourth-order valence-corrected chi connectivity index (χ4v) is 2.36. The molecule has 124 valence electrons. The number of ether oxygens (including phenoxy) is 1. The van der Waals surface area contributed by atoms with Crippen LogP contribution in [0, 0.1) is 0 Å². The van der Waals surface area contributed by atoms with Gasteiger partial charge in [0.1, 0.15) is 12.3 Å². The summed E-state index contributed by atoms with van der Waals surface area (Å²) in [5, 5.41) is 0. The molecule has 0 radical (unpaired) electrons. The van der Waals surface area contributed by atoms with Crippen LogP contribution in [0.15, 0.2) is 65.7 Å². The van der Waals surface area contributed by atoms with Crippen molar-refractivity contribution in [2.24, 2.45) is 4.99 Å². The third-order valence-electron chi connectivity index (χ3n) is 3.50. The van der Waals surface area contributed by atoms with E-state index in [0.717, 1.165) is 23.1 Å². The highest BCUT2D eigenvalue weighted by atomic mass is 16.5. The molecule has 1 atom stereocenters. The van der Waals surface area contributed by atoms with Crippen molar-refractivity contribution in [3.63, 3.8) is 0 Å². The predicted octanol–water partition coefficient (Wildman–Crippen LogP) is 3.43. The van der Waals surface area contributed by atoms with Crippen molar-refractivity contribution in [1.29, 1.82) is 0 Å². The molecule has 0 aliphatic heterocycles. The lowest BCUT2D eigenvalue weighted by molar-refractivity contribution is -0.144. The first-order valence-corrected chi connectivity index (χ1v) is 8.05. The van der Waals surface area contributed by atoms with E-state index in [-0.39, 0.29) is 13.0 Å². The monoisotopic (exact) mass is 323 g/mol. The highest BCUT2D eigenvalue weighted by Crippen LogP contribution is 2.14. The first kappa shape index (κ1) is 17.6. The number of carbonyl (C=O) groups is 2. The molecule has 0 bridgehead atoms. The number of aliphatic imine (C=N–C) groups is 1. The van der Waals surface area contributed by atoms with Gasteiger partial charge in [-0.25, -0.2) is 4.79 Å². The second-order valence-corrected chi connectivity index (χ2v) is 5.22. The van der Waals surface area contributed by atoms with E-state index in [1.807, 2.05) is 60.7 Å². The Bertz CT molecular complexity index is 639. The van der Waals surface area contributed by atoms with Crippen LogP contribution in [0.1, 0.15) is 30.9 Å². The zero-order valence-electron chi connectivity index (χ0n) is 13.7. The van der Waals surface area contributed by atoms with Gasteiger partial charge in [-0.05, 0) is 13.3 Å². The lowest BCUT2D eigenvalue weighted by Crippen LogP contribution is -2.24. The molecule has 0 aromatic heterocycles. The van der Waals surface area contributed by atoms with E-state index in [0.29, 0.717) is 6.42 Å². The van der Waals surface area contributed by atoms with Gasteiger partial charge in [-0.3, -0.25) is 4.99 Å². The van der Waals surface area contributed by atoms with Gasteiger partial charge >= 0.3 is 5.97 Å². The smallest absolute Gasteiger partial charge is 0.330 e. The van der Waals surface area contributed by atoms with Crippen molar-refractivity contribution in [1.82, 2.24) is 0 Å². The number of rotatable bonds is 8. The van der Waals surface area contributed by atoms with E-state index < -0.39 is 12.0 Å². The Morgan fingerprint density at radius 2 is 1.58 bits per heavy atom. The third-order valence-corrected chi connectivity index (χ3v) is 3.50. The fourth-order valence-electron chi connectivity index (χ4n) is 2.36. The highest BCUT2D eigenvalue weighted by Gasteiger charge is 2.20. The molecule has 0 amide bonds. The topological polar surface area (TPSA) is 55.7 Å². The van der Waals surface area contributed by atoms with Crippen LogP contribution < -0.4 is 0 Å². The molecule has 2 aromatic rings. The van der Waals surface area contributed by atoms with Crippen molar-refractivity contribution < 1.29 is 14.3 Å². The van der Waals surface area contributed by atoms with E-state index in [9.17, 15) is 9.59 Å². The maximum absolute atomic E-state index is 12.2. The van der Waals surface area contributed by atoms with E-state index >= 15 is 0 Å². The van der Waals surface area contributed by atoms with Crippen molar-refractivity contribution in [3.05, 3.63) is 71.8 Å². The van der Waals surface area contributed by atoms with Gasteiger partial charge in [0.05, 0.1) is 12.3 Å². The number of carbonyl (C=O) groups excluding carboxylic acids is 2. The Morgan fingerprint density at radius 3 is 2.04 bits per heavy atom. The van der Waals surface area contributed by atoms with Crippen LogP contribution in [0.2, 0.25) is 0 Å². The lowest BCUT2D eigenvalue weighted by atomic mass is 10.0. The molecule has 1 unspecified atom stereocenters. The number of aldehydes is 1. The second kappa shape index (κ2) is 9.40. The molecular weight excluding hydrogens is 302 g/mol. The second-order valence-electron chi connectivity index (χ2n) is 5.22. The normalized spacial score (nSPS) is 11.4. The predicted molar refractivity (Wildman–Crippen MR) is 94.2 cm³/mol. The Kier molecular flexibility index (Phi) is 6.90. The summed E-state index contributed by atoms with van der Waals surface area (Å²) in [5.74, 6) is -0.399. The van der Waals surface area contributed by atoms with Gasteiger partial charge in [-0.2, -0.15) is 0 Å². The molecule has 2 aromatic carbocycles. The molecule has 4 heteroatoms. The molecule has 0 spiro atoms. The number of hydrogen-bond donors (Lipinski definition) is 0. The molecule has 24 heavy (non-hydrogen) atoms. The Hall–Kier alpha value is -2.75. The Labute approximate surface area is 142 Å². The SMILES string of the molecule is CCOC(=O)C(CCC=O)N=C(c1ccccc1)c1ccccc1. The van der Waals surface area contributed by atoms with Crippen LogP contribution in [0.25, 0.3) is 0 Å². The van der Waals surface area contributed by atoms with Gasteiger partial charge < -0.3 is 9.53 Å². The largest absolute Gasteiger partial charge is 0.464 e. The minimum absolute atomic E-state index is 0.268. The van der Waals surface area contributed by atoms with Gasteiger partial charge in [-0.15, -0.1) is 0 Å². The summed E-state index contributed by atoms with van der Waals surface area (Å²) in [4.78, 5) is 27.6. The zero-order chi connectivity index (χ0) is 17.2. The van der Waals surface area contributed by atoms with Gasteiger partial charge in [0.2, 0.25) is 0 Å². The Balaban J connectivity index is 2.44. The van der Waals surface area contributed by atoms with E-state index in [1.165, 1.54) is 0 Å². The molecule has 0 aliphatic rings. The van der Waals surface area contributed by atoms with Gasteiger partial charge in [0.15, 0.2) is 0 Å². The summed E-state index contributed by atoms with van der Waals surface area (Å²) in [7, 11) is 0. The van der Waals surface area contributed by atoms with Gasteiger partial charge in [0.25, 0.3) is 0 Å². The fraction of sp³-hybridized carbons (Fsp3) is 0.250. The summed E-state index contributed by atoms with van der Waals surface area (Å²) in [6, 6.07) is 18.7. The minimum atomic E-state index is -0.689. The van der Waals surface area contributed by atoms with Crippen LogP contribution in [0.4, 0.5) is 0 Å². The average molecular weight is 323 g/mol. The molecule has 2 rings (SSSR count). The van der Waals surface area contributed by atoms with Gasteiger partial charge in [0, 0.05) is 17.5 Å². The first-order valence-electron chi connectivity index (χ1n) is 8.05. The molecule has 0 aliphatic carbocycles. The van der Waals surface area contributed by atoms with Gasteiger partial charge in [-0.1, -0.05) is 60.7 Å². The average Bonchev–Trinajstić information content (AvgIpc) is 2.63. The van der Waals surface area contributed by atoms with E-state index in [4.69, 9.17) is 4.74 Å². The lowest BCUT2D eigenvalue weighted by Gasteiger charge is -2.14. The van der Waals surface area contributed by atoms with E-state index in [1.54, 1.807) is 6.92 Å². The van der Waals surface area contributed by atoms with Crippen molar-refractivity contribution in [2.45, 2.75) is 25.8 Å². The van der Waals surface area contributed by atoms with Crippen LogP contribution in [0.3, 0.4) is 0 Å².